The van der Waals surface area contributed by atoms with E-state index >= 15 is 0 Å². The summed E-state index contributed by atoms with van der Waals surface area (Å²) in [6.07, 6.45) is 1.65. The van der Waals surface area contributed by atoms with E-state index in [1.807, 2.05) is 0 Å². The van der Waals surface area contributed by atoms with Gasteiger partial charge in [-0.15, -0.1) is 10.2 Å². The van der Waals surface area contributed by atoms with Gasteiger partial charge in [-0.3, -0.25) is 4.79 Å². The van der Waals surface area contributed by atoms with Crippen molar-refractivity contribution in [2.24, 2.45) is 0 Å². The molecular formula is C18H14ClN3O3S. The summed E-state index contributed by atoms with van der Waals surface area (Å²) in [5.41, 5.74) is 1.34. The zero-order chi connectivity index (χ0) is 18.5. The second-order valence-electron chi connectivity index (χ2n) is 5.18. The fraction of sp³-hybridized carbons (Fsp3) is 0.0556. The molecular weight excluding hydrogens is 374 g/mol. The van der Waals surface area contributed by atoms with Crippen molar-refractivity contribution < 1.29 is 14.6 Å². The van der Waals surface area contributed by atoms with Crippen molar-refractivity contribution >= 4 is 45.6 Å². The molecule has 0 fully saturated rings. The van der Waals surface area contributed by atoms with E-state index in [9.17, 15) is 9.90 Å². The number of aromatic nitrogens is 2. The Kier molecular flexibility index (Phi) is 5.50. The van der Waals surface area contributed by atoms with E-state index in [4.69, 9.17) is 16.3 Å². The summed E-state index contributed by atoms with van der Waals surface area (Å²) in [5.74, 6) is 0.464. The van der Waals surface area contributed by atoms with Gasteiger partial charge in [0, 0.05) is 5.69 Å². The lowest BCUT2D eigenvalue weighted by molar-refractivity contribution is 0.102. The van der Waals surface area contributed by atoms with Gasteiger partial charge in [0.25, 0.3) is 5.91 Å². The minimum Gasteiger partial charge on any atom is -0.508 e. The van der Waals surface area contributed by atoms with Crippen molar-refractivity contribution in [3.05, 3.63) is 64.1 Å². The maximum atomic E-state index is 12.3. The van der Waals surface area contributed by atoms with Gasteiger partial charge in [0.2, 0.25) is 5.01 Å². The molecule has 0 saturated carbocycles. The molecule has 1 aromatic heterocycles. The van der Waals surface area contributed by atoms with Gasteiger partial charge in [-0.2, -0.15) is 0 Å². The maximum absolute atomic E-state index is 12.3. The van der Waals surface area contributed by atoms with Crippen molar-refractivity contribution in [3.8, 4) is 11.5 Å². The van der Waals surface area contributed by atoms with E-state index in [1.165, 1.54) is 0 Å². The first-order valence-electron chi connectivity index (χ1n) is 7.50. The smallest absolute Gasteiger partial charge is 0.286 e. The van der Waals surface area contributed by atoms with E-state index < -0.39 is 0 Å². The van der Waals surface area contributed by atoms with Gasteiger partial charge in [-0.05, 0) is 48.0 Å². The number of aromatic hydroxyl groups is 1. The highest BCUT2D eigenvalue weighted by Crippen LogP contribution is 2.26. The van der Waals surface area contributed by atoms with Crippen molar-refractivity contribution in [1.82, 2.24) is 10.2 Å². The quantitative estimate of drug-likeness (QED) is 0.684. The summed E-state index contributed by atoms with van der Waals surface area (Å²) < 4.78 is 5.08. The van der Waals surface area contributed by atoms with Crippen LogP contribution in [0.1, 0.15) is 20.4 Å². The van der Waals surface area contributed by atoms with Gasteiger partial charge in [-0.1, -0.05) is 35.1 Å². The van der Waals surface area contributed by atoms with Crippen LogP contribution in [0.2, 0.25) is 0 Å². The molecule has 3 rings (SSSR count). The van der Waals surface area contributed by atoms with Crippen LogP contribution in [0.5, 0.6) is 11.5 Å². The lowest BCUT2D eigenvalue weighted by atomic mass is 10.2. The molecule has 1 heterocycles. The second-order valence-corrected chi connectivity index (χ2v) is 6.57. The predicted octanol–water partition coefficient (Wildman–Crippen LogP) is 4.24. The molecule has 0 spiro atoms. The maximum Gasteiger partial charge on any atom is 0.286 e. The fourth-order valence-corrected chi connectivity index (χ4v) is 3.02. The Bertz CT molecular complexity index is 954. The van der Waals surface area contributed by atoms with Crippen LogP contribution in [-0.4, -0.2) is 28.3 Å². The molecule has 0 aliphatic heterocycles. The average Bonchev–Trinajstić information content (AvgIpc) is 3.13. The fourth-order valence-electron chi connectivity index (χ4n) is 2.09. The number of halogens is 1. The van der Waals surface area contributed by atoms with E-state index in [2.05, 4.69) is 15.5 Å². The number of phenols is 1. The zero-order valence-corrected chi connectivity index (χ0v) is 15.2. The van der Waals surface area contributed by atoms with Crippen LogP contribution in [0.15, 0.2) is 48.5 Å². The average molecular weight is 388 g/mol. The number of phenolic OH excluding ortho intramolecular Hbond substituents is 1. The number of carbonyl (C=O) groups excluding carboxylic acids is 1. The number of nitrogens with one attached hydrogen (secondary N) is 1. The standard InChI is InChI=1S/C18H14ClN3O3S/c1-25-14-7-5-12(6-8-14)20-16(24)18-22-21-17(26-18)15(19)10-11-3-2-4-13(23)9-11/h2-10,23H,1H3,(H,20,24)/b15-10-. The van der Waals surface area contributed by atoms with Gasteiger partial charge < -0.3 is 15.2 Å². The van der Waals surface area contributed by atoms with E-state index in [0.717, 1.165) is 16.9 Å². The molecule has 8 heteroatoms. The van der Waals surface area contributed by atoms with Gasteiger partial charge in [-0.25, -0.2) is 0 Å². The Morgan fingerprint density at radius 2 is 1.92 bits per heavy atom. The molecule has 2 N–H and O–H groups in total. The van der Waals surface area contributed by atoms with Gasteiger partial charge >= 0.3 is 0 Å². The predicted molar refractivity (Wildman–Crippen MR) is 103 cm³/mol. The number of carbonyl (C=O) groups is 1. The van der Waals surface area contributed by atoms with Crippen LogP contribution in [0.25, 0.3) is 11.1 Å². The van der Waals surface area contributed by atoms with Crippen LogP contribution in [0.3, 0.4) is 0 Å². The Morgan fingerprint density at radius 1 is 1.19 bits per heavy atom. The largest absolute Gasteiger partial charge is 0.508 e. The molecule has 3 aromatic rings. The normalized spacial score (nSPS) is 11.2. The number of amides is 1. The number of rotatable bonds is 5. The Morgan fingerprint density at radius 3 is 2.62 bits per heavy atom. The minimum absolute atomic E-state index is 0.139. The lowest BCUT2D eigenvalue weighted by Gasteiger charge is -2.03. The monoisotopic (exact) mass is 387 g/mol. The van der Waals surface area contributed by atoms with Crippen molar-refractivity contribution in [2.75, 3.05) is 12.4 Å². The van der Waals surface area contributed by atoms with Crippen LogP contribution >= 0.6 is 22.9 Å². The molecule has 26 heavy (non-hydrogen) atoms. The molecule has 2 aromatic carbocycles. The van der Waals surface area contributed by atoms with Crippen LogP contribution in [0, 0.1) is 0 Å². The molecule has 0 radical (unpaired) electrons. The second kappa shape index (κ2) is 7.99. The third kappa shape index (κ3) is 4.38. The molecule has 0 aliphatic rings. The molecule has 0 bridgehead atoms. The zero-order valence-electron chi connectivity index (χ0n) is 13.6. The summed E-state index contributed by atoms with van der Waals surface area (Å²) in [6.45, 7) is 0. The Balaban J connectivity index is 1.72. The van der Waals surface area contributed by atoms with Crippen LogP contribution in [0.4, 0.5) is 5.69 Å². The molecule has 0 atom stereocenters. The summed E-state index contributed by atoms with van der Waals surface area (Å²) >= 11 is 7.32. The number of nitrogens with zero attached hydrogens (tertiary/aromatic N) is 2. The summed E-state index contributed by atoms with van der Waals surface area (Å²) in [4.78, 5) is 12.3. The van der Waals surface area contributed by atoms with Crippen LogP contribution < -0.4 is 10.1 Å². The van der Waals surface area contributed by atoms with E-state index in [0.29, 0.717) is 21.5 Å². The number of hydrogen-bond acceptors (Lipinski definition) is 6. The Labute approximate surface area is 158 Å². The molecule has 0 aliphatic carbocycles. The van der Waals surface area contributed by atoms with Gasteiger partial charge in [0.15, 0.2) is 5.01 Å². The summed E-state index contributed by atoms with van der Waals surface area (Å²) in [6, 6.07) is 13.6. The van der Waals surface area contributed by atoms with Crippen molar-refractivity contribution in [3.63, 3.8) is 0 Å². The van der Waals surface area contributed by atoms with Crippen LogP contribution in [-0.2, 0) is 0 Å². The highest BCUT2D eigenvalue weighted by Gasteiger charge is 2.15. The number of anilines is 1. The molecule has 0 saturated heterocycles. The third-order valence-electron chi connectivity index (χ3n) is 3.34. The number of hydrogen-bond donors (Lipinski definition) is 2. The lowest BCUT2D eigenvalue weighted by Crippen LogP contribution is -2.11. The first-order valence-corrected chi connectivity index (χ1v) is 8.70. The number of benzene rings is 2. The summed E-state index contributed by atoms with van der Waals surface area (Å²) in [5, 5.41) is 21.0. The highest BCUT2D eigenvalue weighted by molar-refractivity contribution is 7.15. The van der Waals surface area contributed by atoms with E-state index in [-0.39, 0.29) is 16.7 Å². The first-order chi connectivity index (χ1) is 12.5. The number of ether oxygens (including phenoxy) is 1. The van der Waals surface area contributed by atoms with E-state index in [1.54, 1.807) is 61.7 Å². The SMILES string of the molecule is COc1ccc(NC(=O)c2nnc(/C(Cl)=C/c3cccc(O)c3)s2)cc1. The topological polar surface area (TPSA) is 84.3 Å². The van der Waals surface area contributed by atoms with Gasteiger partial charge in [0.05, 0.1) is 12.1 Å². The summed E-state index contributed by atoms with van der Waals surface area (Å²) in [7, 11) is 1.57. The third-order valence-corrected chi connectivity index (χ3v) is 4.69. The Hall–Kier alpha value is -2.90. The highest BCUT2D eigenvalue weighted by atomic mass is 35.5. The molecule has 1 amide bonds. The van der Waals surface area contributed by atoms with Crippen molar-refractivity contribution in [2.45, 2.75) is 0 Å². The first kappa shape index (κ1) is 17.9. The van der Waals surface area contributed by atoms with Gasteiger partial charge in [0.1, 0.15) is 11.5 Å². The molecule has 132 valence electrons. The minimum atomic E-state index is -0.374. The molecule has 0 unspecified atom stereocenters. The van der Waals surface area contributed by atoms with Crippen molar-refractivity contribution in [1.29, 1.82) is 0 Å². The number of methoxy groups -OCH3 is 1. The molecule has 6 nitrogen and oxygen atoms in total.